The molecule has 31 heavy (non-hydrogen) atoms. The second-order valence-corrected chi connectivity index (χ2v) is 8.49. The zero-order valence-electron chi connectivity index (χ0n) is 18.6. The van der Waals surface area contributed by atoms with E-state index >= 15 is 0 Å². The highest BCUT2D eigenvalue weighted by atomic mass is 16.7. The van der Waals surface area contributed by atoms with Gasteiger partial charge in [0, 0.05) is 6.42 Å². The van der Waals surface area contributed by atoms with Crippen LogP contribution in [0.25, 0.3) is 6.08 Å². The third kappa shape index (κ3) is 4.26. The molecule has 6 heteroatoms. The number of fused-ring (bicyclic) bond motifs is 2. The first kappa shape index (κ1) is 21.2. The highest BCUT2D eigenvalue weighted by Gasteiger charge is 2.41. The van der Waals surface area contributed by atoms with Crippen LogP contribution in [0.15, 0.2) is 36.4 Å². The highest BCUT2D eigenvalue weighted by molar-refractivity contribution is 5.94. The number of nitrogens with zero attached hydrogens (tertiary/aromatic N) is 1. The van der Waals surface area contributed by atoms with Gasteiger partial charge in [0.25, 0.3) is 0 Å². The summed E-state index contributed by atoms with van der Waals surface area (Å²) in [6, 6.07) is 9.76. The fraction of sp³-hybridized carbons (Fsp3) is 0.400. The molecule has 0 N–H and O–H groups in total. The van der Waals surface area contributed by atoms with Crippen LogP contribution in [0.5, 0.6) is 23.0 Å². The molecule has 6 nitrogen and oxygen atoms in total. The summed E-state index contributed by atoms with van der Waals surface area (Å²) in [6.07, 6.45) is 4.83. The van der Waals surface area contributed by atoms with Crippen LogP contribution in [-0.4, -0.2) is 51.4 Å². The van der Waals surface area contributed by atoms with E-state index in [9.17, 15) is 4.79 Å². The van der Waals surface area contributed by atoms with Crippen LogP contribution in [-0.2, 0) is 11.2 Å². The standard InChI is InChI=1S/C25H30NO5/c1-5-29-20-10-7-17(8-11-20)6-9-19(27)15-21-23-18(12-13-26(21,2)3)14-22-24(25(23)28-4)31-16-30-22/h6-11,14,21H,5,12-13,15-16H2,1-4H3/q+1/b9-6+. The van der Waals surface area contributed by atoms with Crippen molar-refractivity contribution in [3.8, 4) is 23.0 Å². The van der Waals surface area contributed by atoms with E-state index in [2.05, 4.69) is 14.1 Å². The molecule has 164 valence electrons. The zero-order chi connectivity index (χ0) is 22.0. The molecule has 0 radical (unpaired) electrons. The molecule has 0 bridgehead atoms. The first-order valence-electron chi connectivity index (χ1n) is 10.7. The van der Waals surface area contributed by atoms with Crippen LogP contribution < -0.4 is 18.9 Å². The Balaban J connectivity index is 1.58. The Hall–Kier alpha value is -2.99. The van der Waals surface area contributed by atoms with Gasteiger partial charge in [0.2, 0.25) is 12.5 Å². The van der Waals surface area contributed by atoms with Gasteiger partial charge in [-0.2, -0.15) is 0 Å². The molecule has 0 aromatic heterocycles. The van der Waals surface area contributed by atoms with E-state index in [1.54, 1.807) is 13.2 Å². The number of methoxy groups -OCH3 is 1. The third-order valence-corrected chi connectivity index (χ3v) is 6.13. The van der Waals surface area contributed by atoms with Gasteiger partial charge in [0.05, 0.1) is 46.3 Å². The number of carbonyl (C=O) groups is 1. The highest BCUT2D eigenvalue weighted by Crippen LogP contribution is 2.51. The molecule has 0 spiro atoms. The fourth-order valence-corrected chi connectivity index (χ4v) is 4.40. The number of carbonyl (C=O) groups excluding carboxylic acids is 1. The van der Waals surface area contributed by atoms with Crippen LogP contribution in [0, 0.1) is 0 Å². The Morgan fingerprint density at radius 3 is 2.71 bits per heavy atom. The van der Waals surface area contributed by atoms with Gasteiger partial charge >= 0.3 is 0 Å². The predicted octanol–water partition coefficient (Wildman–Crippen LogP) is 4.17. The summed E-state index contributed by atoms with van der Waals surface area (Å²) < 4.78 is 23.2. The zero-order valence-corrected chi connectivity index (χ0v) is 18.6. The minimum absolute atomic E-state index is 0.0225. The molecule has 0 fully saturated rings. The van der Waals surface area contributed by atoms with Crippen LogP contribution in [0.4, 0.5) is 0 Å². The van der Waals surface area contributed by atoms with Crippen molar-refractivity contribution in [2.75, 3.05) is 41.1 Å². The van der Waals surface area contributed by atoms with Crippen molar-refractivity contribution in [1.29, 1.82) is 0 Å². The number of allylic oxidation sites excluding steroid dienone is 1. The third-order valence-electron chi connectivity index (χ3n) is 6.13. The minimum atomic E-state index is -0.0225. The van der Waals surface area contributed by atoms with Crippen molar-refractivity contribution >= 4 is 11.9 Å². The Bertz CT molecular complexity index is 994. The molecule has 2 aromatic carbocycles. The average Bonchev–Trinajstić information content (AvgIpc) is 3.22. The number of hydrogen-bond acceptors (Lipinski definition) is 5. The molecule has 0 aliphatic carbocycles. The maximum absolute atomic E-state index is 13.0. The number of ketones is 1. The molecule has 0 saturated carbocycles. The van der Waals surface area contributed by atoms with Gasteiger partial charge < -0.3 is 23.4 Å². The second kappa shape index (κ2) is 8.63. The first-order chi connectivity index (χ1) is 14.9. The van der Waals surface area contributed by atoms with Crippen molar-refractivity contribution < 1.29 is 28.2 Å². The van der Waals surface area contributed by atoms with Crippen LogP contribution in [0.3, 0.4) is 0 Å². The topological polar surface area (TPSA) is 54.0 Å². The Labute approximate surface area is 183 Å². The fourth-order valence-electron chi connectivity index (χ4n) is 4.40. The lowest BCUT2D eigenvalue weighted by molar-refractivity contribution is -0.922. The second-order valence-electron chi connectivity index (χ2n) is 8.49. The van der Waals surface area contributed by atoms with Crippen molar-refractivity contribution in [2.45, 2.75) is 25.8 Å². The van der Waals surface area contributed by atoms with Gasteiger partial charge in [-0.3, -0.25) is 4.79 Å². The maximum Gasteiger partial charge on any atom is 0.231 e. The minimum Gasteiger partial charge on any atom is -0.494 e. The molecular formula is C25H30NO5+. The average molecular weight is 425 g/mol. The van der Waals surface area contributed by atoms with Gasteiger partial charge in [-0.25, -0.2) is 0 Å². The monoisotopic (exact) mass is 424 g/mol. The van der Waals surface area contributed by atoms with Gasteiger partial charge in [-0.05, 0) is 42.3 Å². The number of ether oxygens (including phenoxy) is 4. The van der Waals surface area contributed by atoms with E-state index in [0.29, 0.717) is 29.0 Å². The summed E-state index contributed by atoms with van der Waals surface area (Å²) in [5.74, 6) is 2.98. The van der Waals surface area contributed by atoms with E-state index in [1.165, 1.54) is 5.56 Å². The summed E-state index contributed by atoms with van der Waals surface area (Å²) in [6.45, 7) is 3.73. The Morgan fingerprint density at radius 1 is 1.23 bits per heavy atom. The molecule has 0 amide bonds. The molecule has 4 rings (SSSR count). The Kier molecular flexibility index (Phi) is 5.92. The molecule has 2 heterocycles. The van der Waals surface area contributed by atoms with Crippen molar-refractivity contribution in [3.63, 3.8) is 0 Å². The number of likely N-dealkylation sites (N-methyl/N-ethyl adjacent to an activating group) is 1. The van der Waals surface area contributed by atoms with E-state index < -0.39 is 0 Å². The molecular weight excluding hydrogens is 394 g/mol. The normalized spacial score (nSPS) is 18.6. The SMILES string of the molecule is CCOc1ccc(/C=C/C(=O)CC2c3c(cc4c(c3OC)OCO4)CC[N+]2(C)C)cc1. The number of benzene rings is 2. The number of rotatable bonds is 7. The van der Waals surface area contributed by atoms with Crippen LogP contribution in [0.2, 0.25) is 0 Å². The molecule has 0 saturated heterocycles. The largest absolute Gasteiger partial charge is 0.494 e. The van der Waals surface area contributed by atoms with Crippen LogP contribution in [0.1, 0.15) is 36.1 Å². The van der Waals surface area contributed by atoms with Crippen molar-refractivity contribution in [1.82, 2.24) is 0 Å². The lowest BCUT2D eigenvalue weighted by Gasteiger charge is -2.43. The summed E-state index contributed by atoms with van der Waals surface area (Å²) in [4.78, 5) is 13.0. The van der Waals surface area contributed by atoms with Crippen molar-refractivity contribution in [2.24, 2.45) is 0 Å². The lowest BCUT2D eigenvalue weighted by Crippen LogP contribution is -2.48. The Morgan fingerprint density at radius 2 is 2.00 bits per heavy atom. The van der Waals surface area contributed by atoms with Gasteiger partial charge in [-0.15, -0.1) is 0 Å². The lowest BCUT2D eigenvalue weighted by atomic mass is 9.86. The number of quaternary nitrogens is 1. The van der Waals surface area contributed by atoms with E-state index in [1.807, 2.05) is 43.3 Å². The van der Waals surface area contributed by atoms with Crippen LogP contribution >= 0.6 is 0 Å². The first-order valence-corrected chi connectivity index (χ1v) is 10.7. The van der Waals surface area contributed by atoms with E-state index in [4.69, 9.17) is 18.9 Å². The number of hydrogen-bond donors (Lipinski definition) is 0. The summed E-state index contributed by atoms with van der Waals surface area (Å²) >= 11 is 0. The van der Waals surface area contributed by atoms with Gasteiger partial charge in [0.15, 0.2) is 17.3 Å². The summed E-state index contributed by atoms with van der Waals surface area (Å²) in [5, 5.41) is 0. The van der Waals surface area contributed by atoms with E-state index in [0.717, 1.165) is 35.6 Å². The molecule has 2 aliphatic rings. The van der Waals surface area contributed by atoms with Gasteiger partial charge in [-0.1, -0.05) is 18.2 Å². The smallest absolute Gasteiger partial charge is 0.231 e. The predicted molar refractivity (Wildman–Crippen MR) is 119 cm³/mol. The van der Waals surface area contributed by atoms with Crippen molar-refractivity contribution in [3.05, 3.63) is 53.1 Å². The summed E-state index contributed by atoms with van der Waals surface area (Å²) in [7, 11) is 5.99. The van der Waals surface area contributed by atoms with E-state index in [-0.39, 0.29) is 18.6 Å². The maximum atomic E-state index is 13.0. The molecule has 2 aromatic rings. The molecule has 1 unspecified atom stereocenters. The molecule has 2 aliphatic heterocycles. The van der Waals surface area contributed by atoms with Gasteiger partial charge in [0.1, 0.15) is 11.8 Å². The summed E-state index contributed by atoms with van der Waals surface area (Å²) in [5.41, 5.74) is 3.20. The quantitative estimate of drug-likeness (QED) is 0.493. The molecule has 1 atom stereocenters.